The van der Waals surface area contributed by atoms with E-state index in [1.807, 2.05) is 92.0 Å². The number of nitrogens with one attached hydrogen (secondary N) is 2. The first kappa shape index (κ1) is 30.4. The fourth-order valence-electron chi connectivity index (χ4n) is 5.51. The molecule has 8 heteroatoms. The van der Waals surface area contributed by atoms with Gasteiger partial charge in [0.05, 0.1) is 18.8 Å². The number of aromatic nitrogens is 1. The molecule has 0 bridgehead atoms. The van der Waals surface area contributed by atoms with E-state index in [0.29, 0.717) is 18.8 Å². The van der Waals surface area contributed by atoms with Gasteiger partial charge in [-0.1, -0.05) is 72.8 Å². The zero-order valence-corrected chi connectivity index (χ0v) is 24.7. The van der Waals surface area contributed by atoms with Crippen molar-refractivity contribution in [2.75, 3.05) is 32.0 Å². The van der Waals surface area contributed by atoms with E-state index in [2.05, 4.69) is 45.8 Å². The molecule has 3 N–H and O–H groups in total. The van der Waals surface area contributed by atoms with Crippen LogP contribution < -0.4 is 10.6 Å². The number of urea groups is 1. The molecular weight excluding hydrogens is 540 g/mol. The first-order valence-corrected chi connectivity index (χ1v) is 14.8. The summed E-state index contributed by atoms with van der Waals surface area (Å²) in [6.07, 6.45) is 1.47. The summed E-state index contributed by atoms with van der Waals surface area (Å²) >= 11 is 0. The Bertz CT molecular complexity index is 1440. The van der Waals surface area contributed by atoms with E-state index >= 15 is 0 Å². The van der Waals surface area contributed by atoms with Gasteiger partial charge in [0.1, 0.15) is 0 Å². The second-order valence-corrected chi connectivity index (χ2v) is 10.8. The van der Waals surface area contributed by atoms with Crippen molar-refractivity contribution in [1.82, 2.24) is 15.2 Å². The topological polar surface area (TPSA) is 96.0 Å². The highest BCUT2D eigenvalue weighted by Gasteiger charge is 2.42. The molecule has 43 heavy (non-hydrogen) atoms. The van der Waals surface area contributed by atoms with Gasteiger partial charge >= 0.3 is 6.03 Å². The van der Waals surface area contributed by atoms with Crippen molar-refractivity contribution in [1.29, 1.82) is 0 Å². The molecule has 1 saturated heterocycles. The molecule has 0 saturated carbocycles. The molecule has 0 aliphatic carbocycles. The maximum atomic E-state index is 12.2. The molecule has 2 amide bonds. The van der Waals surface area contributed by atoms with Crippen LogP contribution in [0.3, 0.4) is 0 Å². The van der Waals surface area contributed by atoms with Crippen molar-refractivity contribution in [3.8, 4) is 0 Å². The van der Waals surface area contributed by atoms with Gasteiger partial charge < -0.3 is 30.1 Å². The van der Waals surface area contributed by atoms with Crippen LogP contribution in [0.5, 0.6) is 0 Å². The predicted molar refractivity (Wildman–Crippen MR) is 168 cm³/mol. The van der Waals surface area contributed by atoms with E-state index < -0.39 is 6.29 Å². The van der Waals surface area contributed by atoms with Gasteiger partial charge in [-0.15, -0.1) is 0 Å². The fourth-order valence-corrected chi connectivity index (χ4v) is 5.51. The number of carbonyl (C=O) groups is 1. The normalized spacial score (nSPS) is 20.1. The maximum absolute atomic E-state index is 12.2. The highest BCUT2D eigenvalue weighted by atomic mass is 16.7. The Morgan fingerprint density at radius 2 is 1.67 bits per heavy atom. The van der Waals surface area contributed by atoms with Gasteiger partial charge in [0.15, 0.2) is 6.29 Å². The number of likely N-dealkylation sites (N-methyl/N-ethyl adjacent to an activating group) is 1. The number of aliphatic hydroxyl groups is 1. The van der Waals surface area contributed by atoms with Crippen LogP contribution in [0, 0.1) is 0 Å². The Balaban J connectivity index is 1.47. The average Bonchev–Trinajstić information content (AvgIpc) is 3.04. The first-order chi connectivity index (χ1) is 21.0. The molecule has 4 atom stereocenters. The second kappa shape index (κ2) is 14.9. The third-order valence-corrected chi connectivity index (χ3v) is 7.69. The smallest absolute Gasteiger partial charge is 0.319 e. The molecule has 4 aromatic rings. The van der Waals surface area contributed by atoms with Crippen molar-refractivity contribution < 1.29 is 19.4 Å². The molecule has 3 aromatic carbocycles. The lowest BCUT2D eigenvalue weighted by Gasteiger charge is -2.44. The monoisotopic (exact) mass is 580 g/mol. The summed E-state index contributed by atoms with van der Waals surface area (Å²) in [5.41, 5.74) is 5.52. The Morgan fingerprint density at radius 1 is 0.907 bits per heavy atom. The molecule has 1 aliphatic rings. The quantitative estimate of drug-likeness (QED) is 0.207. The zero-order valence-electron chi connectivity index (χ0n) is 24.7. The number of hydrogen-bond acceptors (Lipinski definition) is 6. The lowest BCUT2D eigenvalue weighted by molar-refractivity contribution is -0.263. The number of anilines is 1. The molecule has 8 nitrogen and oxygen atoms in total. The van der Waals surface area contributed by atoms with Crippen molar-refractivity contribution in [3.63, 3.8) is 0 Å². The van der Waals surface area contributed by atoms with Crippen molar-refractivity contribution >= 4 is 11.7 Å². The van der Waals surface area contributed by atoms with Gasteiger partial charge in [0, 0.05) is 55.1 Å². The number of hydrogen-bond donors (Lipinski definition) is 3. The third kappa shape index (κ3) is 8.06. The van der Waals surface area contributed by atoms with E-state index in [1.54, 1.807) is 0 Å². The van der Waals surface area contributed by atoms with Crippen LogP contribution in [0.15, 0.2) is 103 Å². The predicted octanol–water partition coefficient (Wildman–Crippen LogP) is 5.83. The summed E-state index contributed by atoms with van der Waals surface area (Å²) in [4.78, 5) is 19.0. The van der Waals surface area contributed by atoms with E-state index in [4.69, 9.17) is 9.47 Å². The molecule has 1 aromatic heterocycles. The van der Waals surface area contributed by atoms with Gasteiger partial charge in [-0.05, 0) is 54.9 Å². The number of carbonyl (C=O) groups excluding carboxylic acids is 1. The number of amides is 2. The molecule has 0 spiro atoms. The minimum Gasteiger partial charge on any atom is -0.392 e. The second-order valence-electron chi connectivity index (χ2n) is 10.8. The highest BCUT2D eigenvalue weighted by Crippen LogP contribution is 2.47. The Labute approximate surface area is 253 Å². The number of pyridine rings is 1. The van der Waals surface area contributed by atoms with E-state index in [9.17, 15) is 9.90 Å². The van der Waals surface area contributed by atoms with Crippen LogP contribution in [0.25, 0.3) is 0 Å². The SMILES string of the molecule is CCNC(=O)Nc1cccc(C2OC(CN(C)CCc3ccccn3)C(c3ccccc3)C(c3ccc(CO)cc3)O2)c1. The molecular formula is C35H40N4O4. The molecule has 224 valence electrons. The molecule has 5 rings (SSSR count). The van der Waals surface area contributed by atoms with Crippen molar-refractivity contribution in [2.45, 2.75) is 44.4 Å². The molecule has 0 radical (unpaired) electrons. The largest absolute Gasteiger partial charge is 0.392 e. The van der Waals surface area contributed by atoms with Gasteiger partial charge in [-0.2, -0.15) is 0 Å². The maximum Gasteiger partial charge on any atom is 0.319 e. The van der Waals surface area contributed by atoms with E-state index in [-0.39, 0.29) is 30.8 Å². The minimum absolute atomic E-state index is 0.0191. The van der Waals surface area contributed by atoms with Crippen LogP contribution in [-0.2, 0) is 22.5 Å². The minimum atomic E-state index is -0.660. The van der Waals surface area contributed by atoms with Crippen LogP contribution in [0.4, 0.5) is 10.5 Å². The summed E-state index contributed by atoms with van der Waals surface area (Å²) < 4.78 is 13.6. The number of aliphatic hydroxyl groups excluding tert-OH is 1. The Hall–Kier alpha value is -4.08. The van der Waals surface area contributed by atoms with Gasteiger partial charge in [0.25, 0.3) is 0 Å². The Morgan fingerprint density at radius 3 is 2.40 bits per heavy atom. The number of rotatable bonds is 11. The summed E-state index contributed by atoms with van der Waals surface area (Å²) in [6, 6.07) is 31.7. The highest BCUT2D eigenvalue weighted by molar-refractivity contribution is 5.89. The van der Waals surface area contributed by atoms with E-state index in [0.717, 1.165) is 40.9 Å². The van der Waals surface area contributed by atoms with Gasteiger partial charge in [-0.3, -0.25) is 4.98 Å². The summed E-state index contributed by atoms with van der Waals surface area (Å²) in [5.74, 6) is -0.0913. The van der Waals surface area contributed by atoms with Crippen LogP contribution in [-0.4, -0.2) is 53.8 Å². The number of ether oxygens (including phenoxy) is 2. The van der Waals surface area contributed by atoms with Crippen molar-refractivity contribution in [2.24, 2.45) is 0 Å². The first-order valence-electron chi connectivity index (χ1n) is 14.8. The van der Waals surface area contributed by atoms with Gasteiger partial charge in [-0.25, -0.2) is 4.79 Å². The summed E-state index contributed by atoms with van der Waals surface area (Å²) in [6.45, 7) is 3.89. The average molecular weight is 581 g/mol. The zero-order chi connectivity index (χ0) is 30.0. The third-order valence-electron chi connectivity index (χ3n) is 7.69. The molecule has 1 aliphatic heterocycles. The molecule has 2 heterocycles. The van der Waals surface area contributed by atoms with Crippen LogP contribution in [0.2, 0.25) is 0 Å². The fraction of sp³-hybridized carbons (Fsp3) is 0.314. The van der Waals surface area contributed by atoms with Crippen LogP contribution in [0.1, 0.15) is 53.2 Å². The lowest BCUT2D eigenvalue weighted by atomic mass is 9.83. The summed E-state index contributed by atoms with van der Waals surface area (Å²) in [7, 11) is 2.11. The summed E-state index contributed by atoms with van der Waals surface area (Å²) in [5, 5.41) is 15.3. The molecule has 4 unspecified atom stereocenters. The van der Waals surface area contributed by atoms with Gasteiger partial charge in [0.2, 0.25) is 0 Å². The van der Waals surface area contributed by atoms with Crippen LogP contribution >= 0.6 is 0 Å². The van der Waals surface area contributed by atoms with E-state index in [1.165, 1.54) is 0 Å². The standard InChI is InChI=1S/C35H40N4O4/c1-3-36-35(41)38-30-14-9-12-28(22-30)34-42-31(23-39(2)21-19-29-13-7-8-20-37-29)32(26-10-5-4-6-11-26)33(43-34)27-17-15-25(24-40)16-18-27/h4-18,20,22,31-34,40H,3,19,21,23-24H2,1-2H3,(H2,36,38,41). The Kier molecular flexibility index (Phi) is 10.5. The lowest BCUT2D eigenvalue weighted by Crippen LogP contribution is -2.43. The molecule has 1 fully saturated rings. The number of benzene rings is 3. The van der Waals surface area contributed by atoms with Crippen molar-refractivity contribution in [3.05, 3.63) is 131 Å². The number of nitrogens with zero attached hydrogens (tertiary/aromatic N) is 2.